The summed E-state index contributed by atoms with van der Waals surface area (Å²) < 4.78 is 0. The molecule has 0 saturated heterocycles. The van der Waals surface area contributed by atoms with Crippen LogP contribution in [-0.4, -0.2) is 23.3 Å². The molecule has 0 radical (unpaired) electrons. The van der Waals surface area contributed by atoms with E-state index in [1.807, 2.05) is 26.8 Å². The highest BCUT2D eigenvalue weighted by atomic mass is 16.3. The molecule has 0 unspecified atom stereocenters. The predicted molar refractivity (Wildman–Crippen MR) is 134 cm³/mol. The van der Waals surface area contributed by atoms with E-state index in [9.17, 15) is 14.7 Å². The second kappa shape index (κ2) is 8.18. The van der Waals surface area contributed by atoms with Crippen molar-refractivity contribution in [1.82, 2.24) is 0 Å². The van der Waals surface area contributed by atoms with Crippen LogP contribution in [0.5, 0.6) is 0 Å². The van der Waals surface area contributed by atoms with Crippen LogP contribution < -0.4 is 0 Å². The third-order valence-electron chi connectivity index (χ3n) is 11.5. The molecular formula is C30H46O3. The van der Waals surface area contributed by atoms with E-state index < -0.39 is 11.5 Å². The molecule has 0 aromatic heterocycles. The maximum Gasteiger partial charge on any atom is 0.155 e. The molecule has 3 heteroatoms. The lowest BCUT2D eigenvalue weighted by atomic mass is 9.41. The minimum atomic E-state index is -0.644. The number of carbonyl (C=O) groups excluding carboxylic acids is 2. The first-order valence-electron chi connectivity index (χ1n) is 13.4. The van der Waals surface area contributed by atoms with Gasteiger partial charge in [-0.15, -0.1) is 0 Å². The van der Waals surface area contributed by atoms with Crippen LogP contribution in [0.3, 0.4) is 0 Å². The van der Waals surface area contributed by atoms with Gasteiger partial charge < -0.3 is 9.90 Å². The van der Waals surface area contributed by atoms with Crippen molar-refractivity contribution in [3.63, 3.8) is 0 Å². The van der Waals surface area contributed by atoms with Crippen LogP contribution in [0.2, 0.25) is 0 Å². The van der Waals surface area contributed by atoms with Gasteiger partial charge in [-0.1, -0.05) is 51.8 Å². The largest absolute Gasteiger partial charge is 0.392 e. The Hall–Kier alpha value is -1.22. The molecule has 3 fully saturated rings. The minimum Gasteiger partial charge on any atom is -0.392 e. The molecule has 33 heavy (non-hydrogen) atoms. The van der Waals surface area contributed by atoms with E-state index >= 15 is 0 Å². The van der Waals surface area contributed by atoms with E-state index in [4.69, 9.17) is 0 Å². The molecule has 0 aromatic rings. The summed E-state index contributed by atoms with van der Waals surface area (Å²) in [5.74, 6) is 1.95. The Bertz CT molecular complexity index is 881. The molecule has 0 amide bonds. The fraction of sp³-hybridized carbons (Fsp3) is 0.800. The van der Waals surface area contributed by atoms with Gasteiger partial charge in [-0.25, -0.2) is 0 Å². The first kappa shape index (κ1) is 24.9. The van der Waals surface area contributed by atoms with Gasteiger partial charge in [0.2, 0.25) is 0 Å². The zero-order chi connectivity index (χ0) is 24.4. The summed E-state index contributed by atoms with van der Waals surface area (Å²) >= 11 is 0. The van der Waals surface area contributed by atoms with Gasteiger partial charge in [0.15, 0.2) is 5.78 Å². The van der Waals surface area contributed by atoms with Crippen molar-refractivity contribution >= 4 is 12.1 Å². The van der Waals surface area contributed by atoms with Gasteiger partial charge in [0.05, 0.1) is 11.5 Å². The number of carbonyl (C=O) groups is 2. The molecule has 1 N–H and O–H groups in total. The second-order valence-corrected chi connectivity index (χ2v) is 13.3. The Labute approximate surface area is 201 Å². The van der Waals surface area contributed by atoms with E-state index in [-0.39, 0.29) is 27.9 Å². The highest BCUT2D eigenvalue weighted by Gasteiger charge is 2.65. The van der Waals surface area contributed by atoms with Crippen molar-refractivity contribution in [3.8, 4) is 0 Å². The molecule has 184 valence electrons. The zero-order valence-electron chi connectivity index (χ0n) is 22.0. The number of rotatable bonds is 5. The molecular weight excluding hydrogens is 408 g/mol. The molecule has 0 aliphatic heterocycles. The molecule has 0 aromatic carbocycles. The quantitative estimate of drug-likeness (QED) is 0.286. The summed E-state index contributed by atoms with van der Waals surface area (Å²) in [6.45, 7) is 15.7. The van der Waals surface area contributed by atoms with Crippen LogP contribution in [0.4, 0.5) is 0 Å². The van der Waals surface area contributed by atoms with Crippen molar-refractivity contribution in [1.29, 1.82) is 0 Å². The van der Waals surface area contributed by atoms with Gasteiger partial charge in [-0.3, -0.25) is 4.79 Å². The number of hydrogen-bond donors (Lipinski definition) is 1. The molecule has 3 saturated carbocycles. The van der Waals surface area contributed by atoms with Crippen LogP contribution in [0.1, 0.15) is 99.8 Å². The monoisotopic (exact) mass is 454 g/mol. The van der Waals surface area contributed by atoms with Gasteiger partial charge in [0.25, 0.3) is 0 Å². The smallest absolute Gasteiger partial charge is 0.155 e. The number of hydrogen-bond acceptors (Lipinski definition) is 3. The molecule has 3 nitrogen and oxygen atoms in total. The molecule has 0 spiro atoms. The molecule has 4 aliphatic rings. The van der Waals surface area contributed by atoms with Crippen LogP contribution in [0, 0.1) is 45.3 Å². The molecule has 0 bridgehead atoms. The average molecular weight is 455 g/mol. The Morgan fingerprint density at radius 1 is 1.12 bits per heavy atom. The summed E-state index contributed by atoms with van der Waals surface area (Å²) in [6.07, 6.45) is 12.9. The third-order valence-corrected chi connectivity index (χ3v) is 11.5. The topological polar surface area (TPSA) is 54.4 Å². The first-order valence-corrected chi connectivity index (χ1v) is 13.4. The van der Waals surface area contributed by atoms with E-state index in [1.165, 1.54) is 25.7 Å². The fourth-order valence-electron chi connectivity index (χ4n) is 9.40. The van der Waals surface area contributed by atoms with E-state index in [1.54, 1.807) is 5.57 Å². The number of aliphatic hydroxyl groups excluding tert-OH is 1. The summed E-state index contributed by atoms with van der Waals surface area (Å²) in [5.41, 5.74) is 2.54. The van der Waals surface area contributed by atoms with Gasteiger partial charge in [-0.2, -0.15) is 0 Å². The van der Waals surface area contributed by atoms with Gasteiger partial charge in [0.1, 0.15) is 6.29 Å². The number of aldehydes is 1. The summed E-state index contributed by atoms with van der Waals surface area (Å²) in [5, 5.41) is 10.8. The summed E-state index contributed by atoms with van der Waals surface area (Å²) in [6, 6.07) is 0. The number of aliphatic hydroxyl groups is 1. The van der Waals surface area contributed by atoms with E-state index in [2.05, 4.69) is 33.8 Å². The van der Waals surface area contributed by atoms with E-state index in [0.29, 0.717) is 24.2 Å². The third kappa shape index (κ3) is 3.46. The number of fused-ring (bicyclic) bond motifs is 5. The maximum atomic E-state index is 12.6. The first-order chi connectivity index (χ1) is 15.3. The van der Waals surface area contributed by atoms with Crippen LogP contribution in [-0.2, 0) is 9.59 Å². The highest BCUT2D eigenvalue weighted by Crippen LogP contribution is 2.73. The van der Waals surface area contributed by atoms with Crippen molar-refractivity contribution in [2.24, 2.45) is 45.3 Å². The lowest BCUT2D eigenvalue weighted by molar-refractivity contribution is -0.154. The van der Waals surface area contributed by atoms with Gasteiger partial charge in [0, 0.05) is 6.42 Å². The lowest BCUT2D eigenvalue weighted by Crippen LogP contribution is -2.59. The van der Waals surface area contributed by atoms with Crippen molar-refractivity contribution in [3.05, 3.63) is 23.3 Å². The maximum absolute atomic E-state index is 12.6. The average Bonchev–Trinajstić information content (AvgIpc) is 3.02. The Morgan fingerprint density at radius 2 is 1.82 bits per heavy atom. The molecule has 4 aliphatic carbocycles. The van der Waals surface area contributed by atoms with Crippen molar-refractivity contribution in [2.45, 2.75) is 106 Å². The normalized spacial score (nSPS) is 47.5. The summed E-state index contributed by atoms with van der Waals surface area (Å²) in [7, 11) is 0. The van der Waals surface area contributed by atoms with Crippen LogP contribution in [0.25, 0.3) is 0 Å². The SMILES string of the molecule is CC(C)=CC(=O)C[C@H](C)[C@H]1CC[C@]2(C)C3=CC[C@H]4[C@@](C)(C=O)[C@H](O)CC[C@]4(C)[C@H]3CC[C@@]12C. The molecule has 0 heterocycles. The number of allylic oxidation sites excluding steroid dienone is 4. The van der Waals surface area contributed by atoms with E-state index in [0.717, 1.165) is 31.1 Å². The van der Waals surface area contributed by atoms with Gasteiger partial charge in [-0.05, 0) is 105 Å². The predicted octanol–water partition coefficient (Wildman–Crippen LogP) is 6.69. The van der Waals surface area contributed by atoms with Crippen molar-refractivity contribution < 1.29 is 14.7 Å². The zero-order valence-corrected chi connectivity index (χ0v) is 22.0. The van der Waals surface area contributed by atoms with Gasteiger partial charge >= 0.3 is 0 Å². The highest BCUT2D eigenvalue weighted by molar-refractivity contribution is 5.90. The van der Waals surface area contributed by atoms with Crippen molar-refractivity contribution in [2.75, 3.05) is 0 Å². The molecule has 9 atom stereocenters. The van der Waals surface area contributed by atoms with Crippen LogP contribution in [0.15, 0.2) is 23.3 Å². The lowest BCUT2D eigenvalue weighted by Gasteiger charge is -2.64. The summed E-state index contributed by atoms with van der Waals surface area (Å²) in [4.78, 5) is 24.8. The Morgan fingerprint density at radius 3 is 2.45 bits per heavy atom. The number of ketones is 1. The second-order valence-electron chi connectivity index (χ2n) is 13.3. The Kier molecular flexibility index (Phi) is 6.17. The fourth-order valence-corrected chi connectivity index (χ4v) is 9.40. The Balaban J connectivity index is 1.65. The minimum absolute atomic E-state index is 0.0758. The molecule has 4 rings (SSSR count). The standard InChI is InChI=1S/C30H46O3/c1-19(2)16-21(32)17-20(3)22-10-14-30(7)24-8-9-25-27(4,23(24)11-15-29(22,30)6)13-12-26(33)28(25,5)18-31/h8,16,18,20,22-23,25-26,33H,9-15,17H2,1-7H3/t20-,22+,23-,25+,26+,27+,28+,29-,30+/m0/s1. The van der Waals surface area contributed by atoms with Crippen LogP contribution >= 0.6 is 0 Å².